The van der Waals surface area contributed by atoms with E-state index in [0.29, 0.717) is 35.9 Å². The van der Waals surface area contributed by atoms with E-state index < -0.39 is 0 Å². The summed E-state index contributed by atoms with van der Waals surface area (Å²) in [6, 6.07) is 0. The number of allylic oxidation sites excluding steroid dienone is 2. The van der Waals surface area contributed by atoms with Crippen LogP contribution in [0.4, 0.5) is 0 Å². The Morgan fingerprint density at radius 3 is 2.90 bits per heavy atom. The smallest absolute Gasteiger partial charge is 0.141 e. The van der Waals surface area contributed by atoms with Crippen molar-refractivity contribution >= 4 is 5.78 Å². The van der Waals surface area contributed by atoms with Crippen molar-refractivity contribution in [1.29, 1.82) is 0 Å². The Labute approximate surface area is 122 Å². The van der Waals surface area contributed by atoms with Gasteiger partial charge in [0.25, 0.3) is 0 Å². The summed E-state index contributed by atoms with van der Waals surface area (Å²) in [7, 11) is 0. The van der Waals surface area contributed by atoms with Gasteiger partial charge in [-0.3, -0.25) is 4.79 Å². The van der Waals surface area contributed by atoms with E-state index >= 15 is 0 Å². The quantitative estimate of drug-likeness (QED) is 0.732. The van der Waals surface area contributed by atoms with E-state index in [-0.39, 0.29) is 18.1 Å². The minimum atomic E-state index is 0.0471. The zero-order valence-corrected chi connectivity index (χ0v) is 12.8. The second kappa shape index (κ2) is 5.14. The number of carbonyl (C=O) groups is 1. The molecule has 2 saturated heterocycles. The predicted octanol–water partition coefficient (Wildman–Crippen LogP) is 3.77. The lowest BCUT2D eigenvalue weighted by atomic mass is 9.65. The molecule has 0 N–H and O–H groups in total. The van der Waals surface area contributed by atoms with Gasteiger partial charge in [0.15, 0.2) is 0 Å². The molecule has 0 spiro atoms. The molecule has 2 heterocycles. The fourth-order valence-electron chi connectivity index (χ4n) is 4.78. The van der Waals surface area contributed by atoms with Crippen LogP contribution in [-0.2, 0) is 9.53 Å². The minimum Gasteiger partial charge on any atom is -0.373 e. The fraction of sp³-hybridized carbons (Fsp3) is 0.722. The van der Waals surface area contributed by atoms with E-state index in [1.807, 2.05) is 6.08 Å². The van der Waals surface area contributed by atoms with Crippen molar-refractivity contribution in [2.24, 2.45) is 29.6 Å². The monoisotopic (exact) mass is 274 g/mol. The molecule has 0 aromatic rings. The van der Waals surface area contributed by atoms with Crippen molar-refractivity contribution in [2.45, 2.75) is 52.2 Å². The van der Waals surface area contributed by atoms with E-state index in [4.69, 9.17) is 4.74 Å². The van der Waals surface area contributed by atoms with Gasteiger partial charge < -0.3 is 4.74 Å². The van der Waals surface area contributed by atoms with Gasteiger partial charge in [0.05, 0.1) is 12.2 Å². The lowest BCUT2D eigenvalue weighted by molar-refractivity contribution is -0.140. The first-order chi connectivity index (χ1) is 9.54. The average molecular weight is 274 g/mol. The summed E-state index contributed by atoms with van der Waals surface area (Å²) in [5.74, 6) is 2.74. The SMILES string of the molecule is C=CC[C@@H]1C(=O)C[C@H]2O[C@@H]1[C@H]1[C@@H]2C(C)=CC[C@@H]1C(C)C. The molecule has 0 aromatic heterocycles. The van der Waals surface area contributed by atoms with Gasteiger partial charge in [0.2, 0.25) is 0 Å². The van der Waals surface area contributed by atoms with Crippen LogP contribution in [0.2, 0.25) is 0 Å². The van der Waals surface area contributed by atoms with Crippen molar-refractivity contribution in [3.63, 3.8) is 0 Å². The number of hydrogen-bond acceptors (Lipinski definition) is 2. The maximum absolute atomic E-state index is 12.4. The van der Waals surface area contributed by atoms with Crippen molar-refractivity contribution in [2.75, 3.05) is 0 Å². The molecule has 0 aromatic carbocycles. The van der Waals surface area contributed by atoms with Crippen LogP contribution in [-0.4, -0.2) is 18.0 Å². The highest BCUT2D eigenvalue weighted by molar-refractivity contribution is 5.83. The molecule has 0 amide bonds. The summed E-state index contributed by atoms with van der Waals surface area (Å²) in [5.41, 5.74) is 1.45. The lowest BCUT2D eigenvalue weighted by Gasteiger charge is -2.38. The Kier molecular flexibility index (Phi) is 3.62. The van der Waals surface area contributed by atoms with Crippen molar-refractivity contribution in [3.05, 3.63) is 24.3 Å². The Morgan fingerprint density at radius 2 is 2.25 bits per heavy atom. The molecule has 0 unspecified atom stereocenters. The van der Waals surface area contributed by atoms with Crippen molar-refractivity contribution in [1.82, 2.24) is 0 Å². The third-order valence-corrected chi connectivity index (χ3v) is 5.75. The Morgan fingerprint density at radius 1 is 1.50 bits per heavy atom. The number of rotatable bonds is 3. The van der Waals surface area contributed by atoms with Gasteiger partial charge in [-0.2, -0.15) is 0 Å². The molecule has 2 nitrogen and oxygen atoms in total. The number of hydrogen-bond donors (Lipinski definition) is 0. The summed E-state index contributed by atoms with van der Waals surface area (Å²) in [6.07, 6.45) is 7.06. The van der Waals surface area contributed by atoms with E-state index in [9.17, 15) is 4.79 Å². The maximum atomic E-state index is 12.4. The van der Waals surface area contributed by atoms with Crippen molar-refractivity contribution < 1.29 is 9.53 Å². The summed E-state index contributed by atoms with van der Waals surface area (Å²) < 4.78 is 6.32. The molecule has 110 valence electrons. The zero-order chi connectivity index (χ0) is 14.4. The van der Waals surface area contributed by atoms with Crippen LogP contribution >= 0.6 is 0 Å². The second-order valence-corrected chi connectivity index (χ2v) is 7.14. The van der Waals surface area contributed by atoms with Gasteiger partial charge in [0, 0.05) is 18.3 Å². The highest BCUT2D eigenvalue weighted by Gasteiger charge is 2.56. The molecule has 3 aliphatic rings. The van der Waals surface area contributed by atoms with Gasteiger partial charge >= 0.3 is 0 Å². The molecule has 2 aliphatic heterocycles. The normalized spacial score (nSPS) is 43.4. The van der Waals surface area contributed by atoms with Crippen LogP contribution < -0.4 is 0 Å². The minimum absolute atomic E-state index is 0.0471. The first-order valence-electron chi connectivity index (χ1n) is 8.00. The Hall–Kier alpha value is -0.890. The van der Waals surface area contributed by atoms with Gasteiger partial charge in [-0.1, -0.05) is 31.6 Å². The zero-order valence-electron chi connectivity index (χ0n) is 12.8. The highest BCUT2D eigenvalue weighted by atomic mass is 16.5. The number of ketones is 1. The molecule has 0 radical (unpaired) electrons. The summed E-state index contributed by atoms with van der Waals surface area (Å²) >= 11 is 0. The number of fused-ring (bicyclic) bond motifs is 5. The molecule has 3 rings (SSSR count). The molecule has 2 bridgehead atoms. The van der Waals surface area contributed by atoms with Gasteiger partial charge in [-0.05, 0) is 37.5 Å². The molecule has 20 heavy (non-hydrogen) atoms. The highest BCUT2D eigenvalue weighted by Crippen LogP contribution is 2.54. The maximum Gasteiger partial charge on any atom is 0.141 e. The molecular weight excluding hydrogens is 248 g/mol. The third kappa shape index (κ3) is 2.00. The number of carbonyl (C=O) groups excluding carboxylic acids is 1. The van der Waals surface area contributed by atoms with Crippen LogP contribution in [0.1, 0.15) is 40.0 Å². The second-order valence-electron chi connectivity index (χ2n) is 7.14. The standard InChI is InChI=1S/C18H26O2/c1-5-6-13-14(19)9-15-16-11(4)7-8-12(10(2)3)17(16)18(13)20-15/h5,7,10,12-13,15-18H,1,6,8-9H2,2-4H3/t12-,13-,15-,16-,17-,18+/m1/s1. The van der Waals surface area contributed by atoms with Crippen LogP contribution in [0.5, 0.6) is 0 Å². The molecule has 2 fully saturated rings. The molecule has 1 aliphatic carbocycles. The van der Waals surface area contributed by atoms with E-state index in [2.05, 4.69) is 33.4 Å². The van der Waals surface area contributed by atoms with E-state index in [1.165, 1.54) is 5.57 Å². The van der Waals surface area contributed by atoms with Crippen LogP contribution in [0.15, 0.2) is 24.3 Å². The van der Waals surface area contributed by atoms with Gasteiger partial charge in [0.1, 0.15) is 5.78 Å². The number of Topliss-reactive ketones (excluding diaryl/α,β-unsaturated/α-hetero) is 1. The largest absolute Gasteiger partial charge is 0.373 e. The Balaban J connectivity index is 1.97. The average Bonchev–Trinajstić information content (AvgIpc) is 2.71. The molecule has 0 saturated carbocycles. The summed E-state index contributed by atoms with van der Waals surface area (Å²) in [4.78, 5) is 12.4. The summed E-state index contributed by atoms with van der Waals surface area (Å²) in [6.45, 7) is 10.7. The third-order valence-electron chi connectivity index (χ3n) is 5.75. The topological polar surface area (TPSA) is 26.3 Å². The Bertz CT molecular complexity index is 448. The molecule has 6 atom stereocenters. The van der Waals surface area contributed by atoms with Gasteiger partial charge in [-0.25, -0.2) is 0 Å². The van der Waals surface area contributed by atoms with Crippen LogP contribution in [0.3, 0.4) is 0 Å². The summed E-state index contributed by atoms with van der Waals surface area (Å²) in [5, 5.41) is 0. The van der Waals surface area contributed by atoms with Crippen LogP contribution in [0, 0.1) is 29.6 Å². The lowest BCUT2D eigenvalue weighted by Crippen LogP contribution is -2.40. The molecular formula is C18H26O2. The van der Waals surface area contributed by atoms with E-state index in [1.54, 1.807) is 0 Å². The first-order valence-corrected chi connectivity index (χ1v) is 8.00. The number of ether oxygens (including phenoxy) is 1. The fourth-order valence-corrected chi connectivity index (χ4v) is 4.78. The van der Waals surface area contributed by atoms with Gasteiger partial charge in [-0.15, -0.1) is 6.58 Å². The first kappa shape index (κ1) is 14.1. The van der Waals surface area contributed by atoms with E-state index in [0.717, 1.165) is 12.8 Å². The molecule has 2 heteroatoms. The van der Waals surface area contributed by atoms with Crippen LogP contribution in [0.25, 0.3) is 0 Å². The van der Waals surface area contributed by atoms with Crippen molar-refractivity contribution in [3.8, 4) is 0 Å². The predicted molar refractivity (Wildman–Crippen MR) is 80.3 cm³/mol.